The summed E-state index contributed by atoms with van der Waals surface area (Å²) in [6, 6.07) is 4.34. The van der Waals surface area contributed by atoms with Crippen molar-refractivity contribution >= 4 is 0 Å². The molecule has 0 amide bonds. The summed E-state index contributed by atoms with van der Waals surface area (Å²) < 4.78 is 26.2. The normalized spacial score (nSPS) is 20.4. The number of hydrogen-bond acceptors (Lipinski definition) is 2. The molecule has 0 aliphatic carbocycles. The minimum atomic E-state index is -0.524. The lowest BCUT2D eigenvalue weighted by Crippen LogP contribution is -2.30. The van der Waals surface area contributed by atoms with Crippen molar-refractivity contribution in [2.75, 3.05) is 19.6 Å². The highest BCUT2D eigenvalue weighted by Crippen LogP contribution is 2.18. The molecule has 1 heterocycles. The van der Waals surface area contributed by atoms with Crippen LogP contribution in [0.15, 0.2) is 18.2 Å². The Morgan fingerprint density at radius 2 is 2.16 bits per heavy atom. The van der Waals surface area contributed by atoms with Crippen LogP contribution in [0.2, 0.25) is 0 Å². The standard InChI is InChI=1S/C15H22F2N2/c1-11(2)19-6-5-12(10-19)8-18-9-13-3-4-14(16)7-15(13)17/h3-4,7,11-12,18H,5-6,8-10H2,1-2H3. The average molecular weight is 268 g/mol. The molecule has 0 saturated carbocycles. The van der Waals surface area contributed by atoms with Crippen LogP contribution in [0.5, 0.6) is 0 Å². The highest BCUT2D eigenvalue weighted by molar-refractivity contribution is 5.18. The second-order valence-corrected chi connectivity index (χ2v) is 5.61. The van der Waals surface area contributed by atoms with Gasteiger partial charge in [0, 0.05) is 30.8 Å². The lowest BCUT2D eigenvalue weighted by Gasteiger charge is -2.20. The van der Waals surface area contributed by atoms with E-state index in [1.54, 1.807) is 0 Å². The zero-order chi connectivity index (χ0) is 13.8. The van der Waals surface area contributed by atoms with Gasteiger partial charge in [-0.2, -0.15) is 0 Å². The molecule has 1 aromatic rings. The summed E-state index contributed by atoms with van der Waals surface area (Å²) in [5.74, 6) is -0.363. The van der Waals surface area contributed by atoms with Crippen molar-refractivity contribution in [3.8, 4) is 0 Å². The van der Waals surface area contributed by atoms with E-state index in [-0.39, 0.29) is 0 Å². The van der Waals surface area contributed by atoms with Crippen LogP contribution in [0.25, 0.3) is 0 Å². The lowest BCUT2D eigenvalue weighted by molar-refractivity contribution is 0.264. The molecule has 4 heteroatoms. The van der Waals surface area contributed by atoms with Gasteiger partial charge in [-0.3, -0.25) is 0 Å². The monoisotopic (exact) mass is 268 g/mol. The summed E-state index contributed by atoms with van der Waals surface area (Å²) in [7, 11) is 0. The van der Waals surface area contributed by atoms with Crippen LogP contribution in [0.3, 0.4) is 0 Å². The maximum atomic E-state index is 13.4. The number of nitrogens with zero attached hydrogens (tertiary/aromatic N) is 1. The minimum Gasteiger partial charge on any atom is -0.312 e. The Kier molecular flexibility index (Phi) is 4.88. The zero-order valence-corrected chi connectivity index (χ0v) is 11.6. The quantitative estimate of drug-likeness (QED) is 0.883. The summed E-state index contributed by atoms with van der Waals surface area (Å²) in [6.07, 6.45) is 1.19. The fourth-order valence-corrected chi connectivity index (χ4v) is 2.57. The van der Waals surface area contributed by atoms with E-state index < -0.39 is 11.6 Å². The number of hydrogen-bond donors (Lipinski definition) is 1. The molecule has 0 spiro atoms. The maximum Gasteiger partial charge on any atom is 0.130 e. The number of benzene rings is 1. The van der Waals surface area contributed by atoms with E-state index in [0.717, 1.165) is 25.7 Å². The van der Waals surface area contributed by atoms with Gasteiger partial charge in [0.1, 0.15) is 11.6 Å². The average Bonchev–Trinajstić information content (AvgIpc) is 2.81. The first-order valence-electron chi connectivity index (χ1n) is 6.95. The van der Waals surface area contributed by atoms with Crippen LogP contribution in [0, 0.1) is 17.6 Å². The van der Waals surface area contributed by atoms with Crippen molar-refractivity contribution in [3.63, 3.8) is 0 Å². The smallest absolute Gasteiger partial charge is 0.130 e. The van der Waals surface area contributed by atoms with Gasteiger partial charge in [-0.25, -0.2) is 8.78 Å². The number of likely N-dealkylation sites (tertiary alicyclic amines) is 1. The third kappa shape index (κ3) is 3.98. The fourth-order valence-electron chi connectivity index (χ4n) is 2.57. The largest absolute Gasteiger partial charge is 0.312 e. The molecule has 106 valence electrons. The van der Waals surface area contributed by atoms with E-state index in [2.05, 4.69) is 24.1 Å². The Hall–Kier alpha value is -1.00. The van der Waals surface area contributed by atoms with E-state index in [0.29, 0.717) is 24.1 Å². The Bertz CT molecular complexity index is 421. The molecular weight excluding hydrogens is 246 g/mol. The third-order valence-corrected chi connectivity index (χ3v) is 3.81. The van der Waals surface area contributed by atoms with Crippen molar-refractivity contribution in [3.05, 3.63) is 35.4 Å². The topological polar surface area (TPSA) is 15.3 Å². The van der Waals surface area contributed by atoms with Crippen LogP contribution < -0.4 is 5.32 Å². The van der Waals surface area contributed by atoms with Gasteiger partial charge < -0.3 is 10.2 Å². The molecule has 2 nitrogen and oxygen atoms in total. The van der Waals surface area contributed by atoms with E-state index in [9.17, 15) is 8.78 Å². The molecule has 1 saturated heterocycles. The van der Waals surface area contributed by atoms with Crippen LogP contribution in [0.4, 0.5) is 8.78 Å². The van der Waals surface area contributed by atoms with Crippen molar-refractivity contribution in [1.82, 2.24) is 10.2 Å². The molecular formula is C15H22F2N2. The van der Waals surface area contributed by atoms with Crippen molar-refractivity contribution < 1.29 is 8.78 Å². The summed E-state index contributed by atoms with van der Waals surface area (Å²) in [5.41, 5.74) is 0.528. The molecule has 1 atom stereocenters. The third-order valence-electron chi connectivity index (χ3n) is 3.81. The molecule has 1 N–H and O–H groups in total. The number of nitrogens with one attached hydrogen (secondary N) is 1. The van der Waals surface area contributed by atoms with Crippen molar-refractivity contribution in [1.29, 1.82) is 0 Å². The van der Waals surface area contributed by atoms with Gasteiger partial charge in [0.05, 0.1) is 0 Å². The molecule has 1 aromatic carbocycles. The Labute approximate surface area is 113 Å². The first-order chi connectivity index (χ1) is 9.06. The van der Waals surface area contributed by atoms with Crippen molar-refractivity contribution in [2.45, 2.75) is 32.9 Å². The van der Waals surface area contributed by atoms with E-state index in [1.807, 2.05) is 0 Å². The van der Waals surface area contributed by atoms with E-state index in [1.165, 1.54) is 18.6 Å². The van der Waals surface area contributed by atoms with Gasteiger partial charge in [0.25, 0.3) is 0 Å². The molecule has 19 heavy (non-hydrogen) atoms. The van der Waals surface area contributed by atoms with Gasteiger partial charge in [-0.05, 0) is 45.3 Å². The highest BCUT2D eigenvalue weighted by Gasteiger charge is 2.23. The molecule has 1 unspecified atom stereocenters. The molecule has 0 radical (unpaired) electrons. The van der Waals surface area contributed by atoms with Gasteiger partial charge in [0.15, 0.2) is 0 Å². The number of halogens is 2. The molecule has 1 aliphatic heterocycles. The van der Waals surface area contributed by atoms with Gasteiger partial charge >= 0.3 is 0 Å². The first kappa shape index (κ1) is 14.4. The van der Waals surface area contributed by atoms with E-state index >= 15 is 0 Å². The zero-order valence-electron chi connectivity index (χ0n) is 11.6. The van der Waals surface area contributed by atoms with E-state index in [4.69, 9.17) is 0 Å². The SMILES string of the molecule is CC(C)N1CCC(CNCc2ccc(F)cc2F)C1. The Balaban J connectivity index is 1.75. The van der Waals surface area contributed by atoms with Gasteiger partial charge in [0.2, 0.25) is 0 Å². The van der Waals surface area contributed by atoms with Crippen LogP contribution in [-0.4, -0.2) is 30.6 Å². The first-order valence-corrected chi connectivity index (χ1v) is 6.95. The van der Waals surface area contributed by atoms with Crippen LogP contribution in [0.1, 0.15) is 25.8 Å². The summed E-state index contributed by atoms with van der Waals surface area (Å²) in [4.78, 5) is 2.46. The number of rotatable bonds is 5. The lowest BCUT2D eigenvalue weighted by atomic mass is 10.1. The van der Waals surface area contributed by atoms with Gasteiger partial charge in [-0.1, -0.05) is 6.07 Å². The Morgan fingerprint density at radius 1 is 1.37 bits per heavy atom. The second-order valence-electron chi connectivity index (χ2n) is 5.61. The molecule has 1 aliphatic rings. The predicted octanol–water partition coefficient (Wildman–Crippen LogP) is 2.78. The van der Waals surface area contributed by atoms with Crippen LogP contribution in [-0.2, 0) is 6.54 Å². The summed E-state index contributed by atoms with van der Waals surface area (Å²) in [6.45, 7) is 8.03. The summed E-state index contributed by atoms with van der Waals surface area (Å²) in [5, 5.41) is 3.27. The second kappa shape index (κ2) is 6.44. The molecule has 0 bridgehead atoms. The Morgan fingerprint density at radius 3 is 2.79 bits per heavy atom. The van der Waals surface area contributed by atoms with Crippen LogP contribution >= 0.6 is 0 Å². The molecule has 1 fully saturated rings. The van der Waals surface area contributed by atoms with Crippen molar-refractivity contribution in [2.24, 2.45) is 5.92 Å². The molecule has 2 rings (SSSR count). The van der Waals surface area contributed by atoms with Gasteiger partial charge in [-0.15, -0.1) is 0 Å². The molecule has 0 aromatic heterocycles. The minimum absolute atomic E-state index is 0.463. The maximum absolute atomic E-state index is 13.4. The summed E-state index contributed by atoms with van der Waals surface area (Å²) >= 11 is 0. The fraction of sp³-hybridized carbons (Fsp3) is 0.600. The predicted molar refractivity (Wildman–Crippen MR) is 72.9 cm³/mol. The highest BCUT2D eigenvalue weighted by atomic mass is 19.1.